The lowest BCUT2D eigenvalue weighted by Gasteiger charge is -2.26. The van der Waals surface area contributed by atoms with Gasteiger partial charge in [-0.05, 0) is 52.3 Å². The van der Waals surface area contributed by atoms with Gasteiger partial charge in [0.2, 0.25) is 0 Å². The minimum atomic E-state index is -0.655. The van der Waals surface area contributed by atoms with Crippen LogP contribution in [0, 0.1) is 5.82 Å². The van der Waals surface area contributed by atoms with Crippen molar-refractivity contribution in [1.82, 2.24) is 0 Å². The molecule has 0 radical (unpaired) electrons. The van der Waals surface area contributed by atoms with Crippen molar-refractivity contribution >= 4 is 11.7 Å². The van der Waals surface area contributed by atoms with Crippen molar-refractivity contribution in [2.75, 3.05) is 18.6 Å². The second-order valence-electron chi connectivity index (χ2n) is 10.2. The Kier molecular flexibility index (Phi) is 9.08. The van der Waals surface area contributed by atoms with Crippen molar-refractivity contribution in [3.05, 3.63) is 89.2 Å². The molecule has 0 unspecified atom stereocenters. The summed E-state index contributed by atoms with van der Waals surface area (Å²) >= 11 is 0. The molecule has 186 valence electrons. The standard InChI is InChI=1S/C31H38FNO2/c1-6-7-8-9-20-33(27-18-19-29(32)28(21-27)30(34)35-5)22-23-10-12-24(13-11-23)25-14-16-26(17-15-25)31(2,3)4/h10-19,21H,6-9,20,22H2,1-5H3. The molecule has 0 amide bonds. The maximum absolute atomic E-state index is 14.2. The first kappa shape index (κ1) is 26.5. The van der Waals surface area contributed by atoms with Gasteiger partial charge in [-0.15, -0.1) is 0 Å². The number of hydrogen-bond acceptors (Lipinski definition) is 3. The minimum absolute atomic E-state index is 0.0300. The number of nitrogens with zero attached hydrogens (tertiary/aromatic N) is 1. The first-order chi connectivity index (χ1) is 16.7. The van der Waals surface area contributed by atoms with Crippen LogP contribution in [0.4, 0.5) is 10.1 Å². The van der Waals surface area contributed by atoms with Crippen LogP contribution in [0.5, 0.6) is 0 Å². The fraction of sp³-hybridized carbons (Fsp3) is 0.387. The second-order valence-corrected chi connectivity index (χ2v) is 10.2. The topological polar surface area (TPSA) is 29.5 Å². The summed E-state index contributed by atoms with van der Waals surface area (Å²) in [6.45, 7) is 10.4. The summed E-state index contributed by atoms with van der Waals surface area (Å²) in [5.74, 6) is -1.22. The van der Waals surface area contributed by atoms with Crippen molar-refractivity contribution in [2.24, 2.45) is 0 Å². The lowest BCUT2D eigenvalue weighted by atomic mass is 9.86. The predicted molar refractivity (Wildman–Crippen MR) is 144 cm³/mol. The second kappa shape index (κ2) is 12.0. The zero-order valence-electron chi connectivity index (χ0n) is 21.7. The van der Waals surface area contributed by atoms with Crippen LogP contribution in [0.25, 0.3) is 11.1 Å². The Labute approximate surface area is 209 Å². The molecule has 3 rings (SSSR count). The molecule has 0 atom stereocenters. The van der Waals surface area contributed by atoms with E-state index in [1.807, 2.05) is 0 Å². The summed E-state index contributed by atoms with van der Waals surface area (Å²) in [6.07, 6.45) is 4.53. The smallest absolute Gasteiger partial charge is 0.340 e. The van der Waals surface area contributed by atoms with Crippen LogP contribution in [0.3, 0.4) is 0 Å². The van der Waals surface area contributed by atoms with Gasteiger partial charge in [0.25, 0.3) is 0 Å². The van der Waals surface area contributed by atoms with Crippen molar-refractivity contribution in [3.8, 4) is 11.1 Å². The molecule has 0 fully saturated rings. The van der Waals surface area contributed by atoms with E-state index in [-0.39, 0.29) is 11.0 Å². The largest absolute Gasteiger partial charge is 0.465 e. The number of ether oxygens (including phenoxy) is 1. The van der Waals surface area contributed by atoms with Crippen LogP contribution in [0.1, 0.15) is 74.9 Å². The highest BCUT2D eigenvalue weighted by atomic mass is 19.1. The van der Waals surface area contributed by atoms with E-state index in [0.29, 0.717) is 6.54 Å². The number of carbonyl (C=O) groups is 1. The molecular formula is C31H38FNO2. The SMILES string of the molecule is CCCCCCN(Cc1ccc(-c2ccc(C(C)(C)C)cc2)cc1)c1ccc(F)c(C(=O)OC)c1. The molecular weight excluding hydrogens is 437 g/mol. The van der Waals surface area contributed by atoms with E-state index >= 15 is 0 Å². The van der Waals surface area contributed by atoms with Gasteiger partial charge >= 0.3 is 5.97 Å². The van der Waals surface area contributed by atoms with Gasteiger partial charge in [-0.3, -0.25) is 0 Å². The summed E-state index contributed by atoms with van der Waals surface area (Å²) in [4.78, 5) is 14.3. The first-order valence-electron chi connectivity index (χ1n) is 12.6. The van der Waals surface area contributed by atoms with Crippen LogP contribution < -0.4 is 4.90 Å². The third kappa shape index (κ3) is 7.17. The summed E-state index contributed by atoms with van der Waals surface area (Å²) in [5, 5.41) is 0. The van der Waals surface area contributed by atoms with Crippen LogP contribution in [0.2, 0.25) is 0 Å². The molecule has 0 saturated heterocycles. The average Bonchev–Trinajstić information content (AvgIpc) is 2.86. The van der Waals surface area contributed by atoms with E-state index in [2.05, 4.69) is 81.1 Å². The van der Waals surface area contributed by atoms with Gasteiger partial charge in [-0.1, -0.05) is 95.5 Å². The normalized spacial score (nSPS) is 11.4. The Morgan fingerprint density at radius 3 is 2.09 bits per heavy atom. The molecule has 0 N–H and O–H groups in total. The molecule has 3 aromatic carbocycles. The lowest BCUT2D eigenvalue weighted by Crippen LogP contribution is -2.24. The van der Waals surface area contributed by atoms with Crippen molar-refractivity contribution < 1.29 is 13.9 Å². The highest BCUT2D eigenvalue weighted by Gasteiger charge is 2.16. The Morgan fingerprint density at radius 1 is 0.886 bits per heavy atom. The summed E-state index contributed by atoms with van der Waals surface area (Å²) in [5.41, 5.74) is 5.79. The monoisotopic (exact) mass is 475 g/mol. The predicted octanol–water partition coefficient (Wildman–Crippen LogP) is 8.16. The van der Waals surface area contributed by atoms with E-state index < -0.39 is 11.8 Å². The van der Waals surface area contributed by atoms with Gasteiger partial charge in [0.05, 0.1) is 12.7 Å². The number of anilines is 1. The van der Waals surface area contributed by atoms with E-state index in [1.165, 1.54) is 48.3 Å². The molecule has 35 heavy (non-hydrogen) atoms. The molecule has 0 aliphatic heterocycles. The molecule has 0 aliphatic carbocycles. The molecule has 0 bridgehead atoms. The average molecular weight is 476 g/mol. The van der Waals surface area contributed by atoms with Crippen molar-refractivity contribution in [2.45, 2.75) is 65.3 Å². The molecule has 4 heteroatoms. The summed E-state index contributed by atoms with van der Waals surface area (Å²) in [7, 11) is 1.27. The zero-order valence-corrected chi connectivity index (χ0v) is 21.7. The fourth-order valence-electron chi connectivity index (χ4n) is 4.19. The third-order valence-corrected chi connectivity index (χ3v) is 6.41. The fourth-order valence-corrected chi connectivity index (χ4v) is 4.19. The van der Waals surface area contributed by atoms with Gasteiger partial charge in [0.1, 0.15) is 5.82 Å². The number of rotatable bonds is 10. The molecule has 0 aromatic heterocycles. The van der Waals surface area contributed by atoms with Gasteiger partial charge in [0, 0.05) is 18.8 Å². The van der Waals surface area contributed by atoms with Gasteiger partial charge in [-0.25, -0.2) is 9.18 Å². The van der Waals surface area contributed by atoms with Crippen LogP contribution in [-0.2, 0) is 16.7 Å². The van der Waals surface area contributed by atoms with Crippen molar-refractivity contribution in [1.29, 1.82) is 0 Å². The molecule has 0 aliphatic rings. The van der Waals surface area contributed by atoms with E-state index in [1.54, 1.807) is 12.1 Å². The van der Waals surface area contributed by atoms with E-state index in [9.17, 15) is 9.18 Å². The molecule has 3 aromatic rings. The highest BCUT2D eigenvalue weighted by molar-refractivity contribution is 5.90. The van der Waals surface area contributed by atoms with Gasteiger partial charge in [0.15, 0.2) is 0 Å². The Hall–Kier alpha value is -3.14. The first-order valence-corrected chi connectivity index (χ1v) is 12.6. The number of carbonyl (C=O) groups excluding carboxylic acids is 1. The summed E-state index contributed by atoms with van der Waals surface area (Å²) < 4.78 is 19.0. The number of benzene rings is 3. The number of hydrogen-bond donors (Lipinski definition) is 0. The number of unbranched alkanes of at least 4 members (excludes halogenated alkanes) is 3. The molecule has 0 saturated carbocycles. The maximum Gasteiger partial charge on any atom is 0.340 e. The number of methoxy groups -OCH3 is 1. The van der Waals surface area contributed by atoms with Crippen molar-refractivity contribution in [3.63, 3.8) is 0 Å². The Bertz CT molecular complexity index is 1100. The molecule has 0 heterocycles. The quantitative estimate of drug-likeness (QED) is 0.219. The van der Waals surface area contributed by atoms with Crippen LogP contribution in [-0.4, -0.2) is 19.6 Å². The molecule has 0 spiro atoms. The van der Waals surface area contributed by atoms with E-state index in [4.69, 9.17) is 4.74 Å². The Balaban J connectivity index is 1.80. The van der Waals surface area contributed by atoms with Gasteiger partial charge < -0.3 is 9.64 Å². The Morgan fingerprint density at radius 2 is 1.51 bits per heavy atom. The third-order valence-electron chi connectivity index (χ3n) is 6.41. The number of halogens is 1. The zero-order chi connectivity index (χ0) is 25.4. The summed E-state index contributed by atoms with van der Waals surface area (Å²) in [6, 6.07) is 22.1. The van der Waals surface area contributed by atoms with Gasteiger partial charge in [-0.2, -0.15) is 0 Å². The number of esters is 1. The minimum Gasteiger partial charge on any atom is -0.465 e. The maximum atomic E-state index is 14.2. The molecule has 3 nitrogen and oxygen atoms in total. The lowest BCUT2D eigenvalue weighted by molar-refractivity contribution is 0.0595. The van der Waals surface area contributed by atoms with Crippen LogP contribution >= 0.6 is 0 Å². The van der Waals surface area contributed by atoms with Crippen LogP contribution in [0.15, 0.2) is 66.7 Å². The van der Waals surface area contributed by atoms with E-state index in [0.717, 1.165) is 25.1 Å². The highest BCUT2D eigenvalue weighted by Crippen LogP contribution is 2.27.